The van der Waals surface area contributed by atoms with Gasteiger partial charge in [-0.15, -0.1) is 0 Å². The van der Waals surface area contributed by atoms with E-state index in [4.69, 9.17) is 13.3 Å². The molecule has 1 fully saturated rings. The first-order chi connectivity index (χ1) is 15.4. The molecule has 0 spiro atoms. The summed E-state index contributed by atoms with van der Waals surface area (Å²) in [4.78, 5) is 23.4. The Balaban J connectivity index is 2.76. The summed E-state index contributed by atoms with van der Waals surface area (Å²) in [7, 11) is -2.64. The Bertz CT molecular complexity index is 517. The Hall–Kier alpha value is 0.137. The van der Waals surface area contributed by atoms with E-state index in [2.05, 4.69) is 0 Å². The Labute approximate surface area is 206 Å². The lowest BCUT2D eigenvalue weighted by atomic mass is 9.71. The number of thioether (sulfide) groups is 2. The molecule has 0 N–H and O–H groups in total. The van der Waals surface area contributed by atoms with Gasteiger partial charge in [-0.25, -0.2) is 0 Å². The van der Waals surface area contributed by atoms with E-state index in [1.807, 2.05) is 34.6 Å². The lowest BCUT2D eigenvalue weighted by Gasteiger charge is -2.38. The fourth-order valence-electron chi connectivity index (χ4n) is 4.65. The monoisotopic (exact) mass is 506 g/mol. The predicted molar refractivity (Wildman–Crippen MR) is 139 cm³/mol. The van der Waals surface area contributed by atoms with Gasteiger partial charge >= 0.3 is 8.80 Å². The second kappa shape index (κ2) is 17.6. The molecular weight excluding hydrogens is 460 g/mol. The lowest BCUT2D eigenvalue weighted by molar-refractivity contribution is -0.111. The van der Waals surface area contributed by atoms with E-state index in [0.717, 1.165) is 36.8 Å². The van der Waals surface area contributed by atoms with Crippen molar-refractivity contribution in [2.24, 2.45) is 17.8 Å². The van der Waals surface area contributed by atoms with Gasteiger partial charge in [0.1, 0.15) is 0 Å². The molecule has 0 bridgehead atoms. The molecule has 0 aromatic carbocycles. The molecule has 32 heavy (non-hydrogen) atoms. The quantitative estimate of drug-likeness (QED) is 0.207. The van der Waals surface area contributed by atoms with Crippen molar-refractivity contribution >= 4 is 42.6 Å². The van der Waals surface area contributed by atoms with E-state index in [-0.39, 0.29) is 0 Å². The van der Waals surface area contributed by atoms with Crippen LogP contribution in [0.25, 0.3) is 0 Å². The fourth-order valence-corrected chi connectivity index (χ4v) is 9.11. The van der Waals surface area contributed by atoms with E-state index >= 15 is 0 Å². The summed E-state index contributed by atoms with van der Waals surface area (Å²) in [6.45, 7) is 11.7. The maximum absolute atomic E-state index is 11.7. The average Bonchev–Trinajstić information content (AvgIpc) is 2.79. The number of hydrogen-bond acceptors (Lipinski definition) is 7. The van der Waals surface area contributed by atoms with Crippen molar-refractivity contribution in [3.63, 3.8) is 0 Å². The molecule has 0 aromatic rings. The highest BCUT2D eigenvalue weighted by Gasteiger charge is 2.42. The van der Waals surface area contributed by atoms with E-state index in [1.165, 1.54) is 42.8 Å². The molecule has 1 rings (SSSR count). The third-order valence-corrected chi connectivity index (χ3v) is 11.5. The first-order valence-corrected chi connectivity index (χ1v) is 16.6. The second-order valence-corrected chi connectivity index (χ2v) is 13.5. The van der Waals surface area contributed by atoms with Crippen LogP contribution in [0.2, 0.25) is 6.04 Å². The molecule has 0 aliphatic heterocycles. The van der Waals surface area contributed by atoms with Crippen molar-refractivity contribution in [3.05, 3.63) is 0 Å². The van der Waals surface area contributed by atoms with E-state index in [1.54, 1.807) is 0 Å². The Morgan fingerprint density at radius 1 is 0.750 bits per heavy atom. The third kappa shape index (κ3) is 11.5. The van der Waals surface area contributed by atoms with Crippen molar-refractivity contribution in [2.75, 3.05) is 31.3 Å². The van der Waals surface area contributed by atoms with Crippen molar-refractivity contribution in [1.82, 2.24) is 0 Å². The first-order valence-electron chi connectivity index (χ1n) is 12.7. The van der Waals surface area contributed by atoms with Crippen LogP contribution < -0.4 is 0 Å². The van der Waals surface area contributed by atoms with Crippen LogP contribution in [-0.4, -0.2) is 50.4 Å². The van der Waals surface area contributed by atoms with E-state index in [0.29, 0.717) is 60.6 Å². The minimum atomic E-state index is -2.64. The van der Waals surface area contributed by atoms with Crippen LogP contribution in [0.15, 0.2) is 0 Å². The van der Waals surface area contributed by atoms with Crippen LogP contribution in [0.3, 0.4) is 0 Å². The largest absolute Gasteiger partial charge is 0.500 e. The molecule has 0 amide bonds. The first kappa shape index (κ1) is 30.2. The molecule has 0 radical (unpaired) electrons. The van der Waals surface area contributed by atoms with Gasteiger partial charge in [-0.3, -0.25) is 9.59 Å². The van der Waals surface area contributed by atoms with Gasteiger partial charge in [0.2, 0.25) is 0 Å². The summed E-state index contributed by atoms with van der Waals surface area (Å²) in [5.74, 6) is 3.78. The number of carbonyl (C=O) groups is 2. The predicted octanol–water partition coefficient (Wildman–Crippen LogP) is 6.58. The van der Waals surface area contributed by atoms with Crippen LogP contribution in [0.1, 0.15) is 86.0 Å². The van der Waals surface area contributed by atoms with Gasteiger partial charge in [-0.2, -0.15) is 0 Å². The summed E-state index contributed by atoms with van der Waals surface area (Å²) in [5.41, 5.74) is 0. The smallest absolute Gasteiger partial charge is 0.374 e. The van der Waals surface area contributed by atoms with E-state index in [9.17, 15) is 9.59 Å². The van der Waals surface area contributed by atoms with Crippen LogP contribution >= 0.6 is 23.5 Å². The minimum Gasteiger partial charge on any atom is -0.374 e. The van der Waals surface area contributed by atoms with Crippen LogP contribution in [0.5, 0.6) is 0 Å². The van der Waals surface area contributed by atoms with Crippen molar-refractivity contribution < 1.29 is 22.9 Å². The van der Waals surface area contributed by atoms with Crippen LogP contribution in [-0.2, 0) is 22.9 Å². The van der Waals surface area contributed by atoms with Crippen molar-refractivity contribution in [1.29, 1.82) is 0 Å². The lowest BCUT2D eigenvalue weighted by Crippen LogP contribution is -2.46. The minimum absolute atomic E-state index is 0.295. The Morgan fingerprint density at radius 3 is 1.78 bits per heavy atom. The van der Waals surface area contributed by atoms with Crippen molar-refractivity contribution in [2.45, 2.75) is 92.0 Å². The molecule has 1 aliphatic rings. The van der Waals surface area contributed by atoms with Gasteiger partial charge in [-0.1, -0.05) is 43.8 Å². The zero-order valence-electron chi connectivity index (χ0n) is 21.0. The fraction of sp³-hybridized carbons (Fsp3) is 0.917. The summed E-state index contributed by atoms with van der Waals surface area (Å²) in [6.07, 6.45) is 8.16. The molecule has 1 saturated carbocycles. The highest BCUT2D eigenvalue weighted by Crippen LogP contribution is 2.42. The number of carbonyl (C=O) groups excluding carboxylic acids is 2. The maximum atomic E-state index is 11.7. The molecular formula is C24H46O5S2Si. The van der Waals surface area contributed by atoms with Gasteiger partial charge in [0.05, 0.1) is 0 Å². The number of rotatable bonds is 17. The molecule has 5 nitrogen and oxygen atoms in total. The molecule has 188 valence electrons. The Morgan fingerprint density at radius 2 is 1.28 bits per heavy atom. The summed E-state index contributed by atoms with van der Waals surface area (Å²) in [5, 5.41) is 0.595. The standard InChI is InChI=1S/C24H46O5S2Si/c1-6-23(25)30-16-13-20-11-12-21(14-17-31-24(26)7-2)22(19-20)15-18-32(27-8-3,28-9-4)29-10-5/h20-22H,6-19H2,1-5H3. The Kier molecular flexibility index (Phi) is 16.5. The van der Waals surface area contributed by atoms with Gasteiger partial charge < -0.3 is 13.3 Å². The molecule has 0 heterocycles. The highest BCUT2D eigenvalue weighted by molar-refractivity contribution is 8.13. The second-order valence-electron chi connectivity index (χ2n) is 8.45. The van der Waals surface area contributed by atoms with Gasteiger partial charge in [0.25, 0.3) is 0 Å². The zero-order chi connectivity index (χ0) is 23.8. The topological polar surface area (TPSA) is 61.8 Å². The molecule has 8 heteroatoms. The van der Waals surface area contributed by atoms with Crippen LogP contribution in [0, 0.1) is 17.8 Å². The molecule has 1 aliphatic carbocycles. The van der Waals surface area contributed by atoms with Gasteiger partial charge in [0, 0.05) is 50.2 Å². The summed E-state index contributed by atoms with van der Waals surface area (Å²) >= 11 is 2.99. The normalized spacial score (nSPS) is 21.6. The number of hydrogen-bond donors (Lipinski definition) is 0. The average molecular weight is 507 g/mol. The molecule has 0 aromatic heterocycles. The molecule has 3 unspecified atom stereocenters. The summed E-state index contributed by atoms with van der Waals surface area (Å²) in [6, 6.07) is 0.862. The zero-order valence-corrected chi connectivity index (χ0v) is 23.6. The van der Waals surface area contributed by atoms with Crippen molar-refractivity contribution in [3.8, 4) is 0 Å². The highest BCUT2D eigenvalue weighted by atomic mass is 32.2. The SMILES string of the molecule is CCO[Si](CCC1CC(CCSC(=O)CC)CCC1CCSC(=O)CC)(OCC)OCC. The molecule has 0 saturated heterocycles. The van der Waals surface area contributed by atoms with E-state index < -0.39 is 8.80 Å². The maximum Gasteiger partial charge on any atom is 0.500 e. The van der Waals surface area contributed by atoms with Gasteiger partial charge in [0.15, 0.2) is 10.2 Å². The summed E-state index contributed by atoms with van der Waals surface area (Å²) < 4.78 is 18.3. The van der Waals surface area contributed by atoms with Gasteiger partial charge in [-0.05, 0) is 70.6 Å². The molecule has 3 atom stereocenters. The third-order valence-electron chi connectivity index (χ3n) is 6.28. The van der Waals surface area contributed by atoms with Crippen LogP contribution in [0.4, 0.5) is 0 Å².